The van der Waals surface area contributed by atoms with Gasteiger partial charge >= 0.3 is 0 Å². The van der Waals surface area contributed by atoms with Gasteiger partial charge in [0.1, 0.15) is 6.07 Å². The molecule has 88 valence electrons. The molecular weight excluding hydrogens is 216 g/mol. The molecule has 1 saturated heterocycles. The second-order valence-corrected chi connectivity index (χ2v) is 3.69. The first kappa shape index (κ1) is 11.6. The van der Waals surface area contributed by atoms with Crippen LogP contribution in [0.2, 0.25) is 0 Å². The lowest BCUT2D eigenvalue weighted by Crippen LogP contribution is -1.97. The third-order valence-electron chi connectivity index (χ3n) is 2.34. The van der Waals surface area contributed by atoms with Gasteiger partial charge in [-0.1, -0.05) is 12.2 Å². The molecular formula is C12H14N4O. The number of nitrogens with zero attached hydrogens (tertiary/aromatic N) is 4. The van der Waals surface area contributed by atoms with Crippen molar-refractivity contribution in [3.05, 3.63) is 23.9 Å². The first-order valence-corrected chi connectivity index (χ1v) is 5.60. The fraction of sp³-hybridized carbons (Fsp3) is 0.417. The summed E-state index contributed by atoms with van der Waals surface area (Å²) in [5.41, 5.74) is 0.376. The Morgan fingerprint density at radius 2 is 2.53 bits per heavy atom. The summed E-state index contributed by atoms with van der Waals surface area (Å²) in [6, 6.07) is 3.68. The number of ether oxygens (including phenoxy) is 1. The molecule has 1 unspecified atom stereocenters. The van der Waals surface area contributed by atoms with E-state index in [-0.39, 0.29) is 6.23 Å². The number of epoxide rings is 1. The molecule has 0 aliphatic carbocycles. The van der Waals surface area contributed by atoms with Crippen LogP contribution >= 0.6 is 0 Å². The van der Waals surface area contributed by atoms with Crippen LogP contribution in [0.5, 0.6) is 0 Å². The predicted octanol–water partition coefficient (Wildman–Crippen LogP) is 2.34. The maximum Gasteiger partial charge on any atom is 0.176 e. The van der Waals surface area contributed by atoms with Crippen LogP contribution in [0, 0.1) is 11.3 Å². The van der Waals surface area contributed by atoms with Crippen LogP contribution in [-0.4, -0.2) is 22.6 Å². The SMILES string of the molecule is CC=CCCC=Nc1cc(C#N)nn1C1CO1. The van der Waals surface area contributed by atoms with Crippen LogP contribution < -0.4 is 0 Å². The molecule has 5 nitrogen and oxygen atoms in total. The molecule has 1 aromatic rings. The van der Waals surface area contributed by atoms with Gasteiger partial charge < -0.3 is 4.74 Å². The Labute approximate surface area is 100 Å². The molecule has 1 aromatic heterocycles. The van der Waals surface area contributed by atoms with E-state index in [0.29, 0.717) is 18.1 Å². The number of hydrogen-bond acceptors (Lipinski definition) is 4. The Balaban J connectivity index is 2.03. The van der Waals surface area contributed by atoms with Gasteiger partial charge in [-0.15, -0.1) is 0 Å². The molecule has 0 amide bonds. The molecule has 0 radical (unpaired) electrons. The van der Waals surface area contributed by atoms with E-state index in [1.807, 2.05) is 25.3 Å². The lowest BCUT2D eigenvalue weighted by atomic mass is 10.3. The highest BCUT2D eigenvalue weighted by molar-refractivity contribution is 5.62. The zero-order valence-electron chi connectivity index (χ0n) is 9.71. The lowest BCUT2D eigenvalue weighted by Gasteiger charge is -1.96. The molecule has 0 aromatic carbocycles. The van der Waals surface area contributed by atoms with E-state index < -0.39 is 0 Å². The van der Waals surface area contributed by atoms with E-state index >= 15 is 0 Å². The Bertz CT molecular complexity index is 477. The highest BCUT2D eigenvalue weighted by Gasteiger charge is 2.28. The molecule has 0 N–H and O–H groups in total. The van der Waals surface area contributed by atoms with Crippen molar-refractivity contribution in [3.8, 4) is 6.07 Å². The number of rotatable bonds is 5. The highest BCUT2D eigenvalue weighted by atomic mass is 16.6. The Hall–Kier alpha value is -1.93. The molecule has 1 atom stereocenters. The van der Waals surface area contributed by atoms with Gasteiger partial charge in [0.15, 0.2) is 17.7 Å². The van der Waals surface area contributed by atoms with Crippen molar-refractivity contribution in [1.29, 1.82) is 5.26 Å². The molecule has 2 rings (SSSR count). The monoisotopic (exact) mass is 230 g/mol. The van der Waals surface area contributed by atoms with Gasteiger partial charge in [0.2, 0.25) is 0 Å². The third-order valence-corrected chi connectivity index (χ3v) is 2.34. The Morgan fingerprint density at radius 1 is 1.71 bits per heavy atom. The zero-order chi connectivity index (χ0) is 12.1. The number of hydrogen-bond donors (Lipinski definition) is 0. The normalized spacial score (nSPS) is 18.9. The minimum Gasteiger partial charge on any atom is -0.349 e. The van der Waals surface area contributed by atoms with E-state index in [4.69, 9.17) is 10.00 Å². The van der Waals surface area contributed by atoms with Gasteiger partial charge in [-0.3, -0.25) is 0 Å². The van der Waals surface area contributed by atoms with Gasteiger partial charge in [-0.2, -0.15) is 10.4 Å². The molecule has 17 heavy (non-hydrogen) atoms. The topological polar surface area (TPSA) is 66.5 Å². The summed E-state index contributed by atoms with van der Waals surface area (Å²) in [6.45, 7) is 2.64. The molecule has 5 heteroatoms. The molecule has 2 heterocycles. The summed E-state index contributed by atoms with van der Waals surface area (Å²) in [6.07, 6.45) is 7.76. The second-order valence-electron chi connectivity index (χ2n) is 3.69. The van der Waals surface area contributed by atoms with Crippen molar-refractivity contribution in [3.63, 3.8) is 0 Å². The standard InChI is InChI=1S/C12H14N4O/c1-2-3-4-5-6-14-11-7-10(8-13)15-16(11)12-9-17-12/h2-3,6-7,12H,4-5,9H2,1H3. The number of aromatic nitrogens is 2. The summed E-state index contributed by atoms with van der Waals surface area (Å²) < 4.78 is 6.80. The van der Waals surface area contributed by atoms with Crippen LogP contribution in [-0.2, 0) is 4.74 Å². The maximum atomic E-state index is 8.79. The van der Waals surface area contributed by atoms with E-state index in [2.05, 4.69) is 16.2 Å². The number of aliphatic imine (C=N–C) groups is 1. The Kier molecular flexibility index (Phi) is 3.68. The largest absolute Gasteiger partial charge is 0.349 e. The minimum absolute atomic E-state index is 0.0419. The Morgan fingerprint density at radius 3 is 3.18 bits per heavy atom. The first-order valence-electron chi connectivity index (χ1n) is 5.60. The van der Waals surface area contributed by atoms with E-state index in [1.54, 1.807) is 10.7 Å². The lowest BCUT2D eigenvalue weighted by molar-refractivity contribution is 0.338. The zero-order valence-corrected chi connectivity index (χ0v) is 9.71. The van der Waals surface area contributed by atoms with E-state index in [0.717, 1.165) is 12.8 Å². The number of allylic oxidation sites excluding steroid dienone is 2. The van der Waals surface area contributed by atoms with Gasteiger partial charge in [0.25, 0.3) is 0 Å². The van der Waals surface area contributed by atoms with Crippen molar-refractivity contribution in [2.24, 2.45) is 4.99 Å². The van der Waals surface area contributed by atoms with Gasteiger partial charge in [0.05, 0.1) is 6.61 Å². The minimum atomic E-state index is -0.0419. The first-order chi connectivity index (χ1) is 8.35. The van der Waals surface area contributed by atoms with Crippen LogP contribution in [0.15, 0.2) is 23.2 Å². The molecule has 1 fully saturated rings. The smallest absolute Gasteiger partial charge is 0.176 e. The summed E-state index contributed by atoms with van der Waals surface area (Å²) in [5.74, 6) is 0.685. The predicted molar refractivity (Wildman–Crippen MR) is 64.1 cm³/mol. The summed E-state index contributed by atoms with van der Waals surface area (Å²) in [4.78, 5) is 4.32. The number of nitriles is 1. The third kappa shape index (κ3) is 3.02. The fourth-order valence-electron chi connectivity index (χ4n) is 1.43. The molecule has 0 bridgehead atoms. The maximum absolute atomic E-state index is 8.79. The van der Waals surface area contributed by atoms with Crippen molar-refractivity contribution in [2.45, 2.75) is 26.0 Å². The van der Waals surface area contributed by atoms with Crippen molar-refractivity contribution in [1.82, 2.24) is 9.78 Å². The summed E-state index contributed by atoms with van der Waals surface area (Å²) in [7, 11) is 0. The second kappa shape index (κ2) is 5.41. The molecule has 0 saturated carbocycles. The van der Waals surface area contributed by atoms with Crippen LogP contribution in [0.25, 0.3) is 0 Å². The summed E-state index contributed by atoms with van der Waals surface area (Å²) in [5, 5.41) is 12.9. The van der Waals surface area contributed by atoms with Gasteiger partial charge in [-0.05, 0) is 19.8 Å². The van der Waals surface area contributed by atoms with Crippen LogP contribution in [0.3, 0.4) is 0 Å². The van der Waals surface area contributed by atoms with E-state index in [1.165, 1.54) is 0 Å². The van der Waals surface area contributed by atoms with Gasteiger partial charge in [-0.25, -0.2) is 9.67 Å². The van der Waals surface area contributed by atoms with E-state index in [9.17, 15) is 0 Å². The summed E-state index contributed by atoms with van der Waals surface area (Å²) >= 11 is 0. The number of unbranched alkanes of at least 4 members (excludes halogenated alkanes) is 1. The van der Waals surface area contributed by atoms with Crippen LogP contribution in [0.1, 0.15) is 31.7 Å². The molecule has 0 spiro atoms. The van der Waals surface area contributed by atoms with Crippen molar-refractivity contribution in [2.75, 3.05) is 6.61 Å². The quantitative estimate of drug-likeness (QED) is 0.337. The fourth-order valence-corrected chi connectivity index (χ4v) is 1.43. The molecule has 1 aliphatic heterocycles. The van der Waals surface area contributed by atoms with Crippen LogP contribution in [0.4, 0.5) is 5.82 Å². The van der Waals surface area contributed by atoms with Gasteiger partial charge in [0, 0.05) is 12.3 Å². The molecule has 1 aliphatic rings. The average molecular weight is 230 g/mol. The van der Waals surface area contributed by atoms with Crippen molar-refractivity contribution < 1.29 is 4.74 Å². The highest BCUT2D eigenvalue weighted by Crippen LogP contribution is 2.28. The van der Waals surface area contributed by atoms with Crippen molar-refractivity contribution >= 4 is 12.0 Å². The average Bonchev–Trinajstić information content (AvgIpc) is 3.10.